The van der Waals surface area contributed by atoms with Gasteiger partial charge in [0.25, 0.3) is 11.8 Å². The molecule has 346 valence electrons. The molecular weight excluding hydrogens is 821 g/mol. The van der Waals surface area contributed by atoms with Crippen LogP contribution in [0.2, 0.25) is 0 Å². The average molecular weight is 885 g/mol. The van der Waals surface area contributed by atoms with Gasteiger partial charge < -0.3 is 36.4 Å². The number of nitrogens with one attached hydrogen (secondary N) is 3. The minimum absolute atomic E-state index is 0.0301. The molecule has 2 aromatic carbocycles. The Labute approximate surface area is 375 Å². The summed E-state index contributed by atoms with van der Waals surface area (Å²) in [6.45, 7) is 12.4. The lowest BCUT2D eigenvalue weighted by molar-refractivity contribution is -0.148. The van der Waals surface area contributed by atoms with Gasteiger partial charge in [-0.15, -0.1) is 0 Å². The minimum Gasteiger partial charge on any atom is -0.368 e. The van der Waals surface area contributed by atoms with Crippen molar-refractivity contribution < 1.29 is 38.4 Å². The quantitative estimate of drug-likeness (QED) is 0.117. The van der Waals surface area contributed by atoms with E-state index in [1.54, 1.807) is 24.3 Å². The van der Waals surface area contributed by atoms with Crippen LogP contribution in [0, 0.1) is 17.8 Å². The van der Waals surface area contributed by atoms with Crippen molar-refractivity contribution >= 4 is 47.5 Å². The highest BCUT2D eigenvalue weighted by Gasteiger charge is 2.62. The summed E-state index contributed by atoms with van der Waals surface area (Å²) >= 11 is 0. The second kappa shape index (κ2) is 19.9. The number of carbonyl (C=O) groups is 8. The highest BCUT2D eigenvalue weighted by atomic mass is 16.2. The highest BCUT2D eigenvalue weighted by molar-refractivity contribution is 6.09. The number of nitrogens with two attached hydrogens (primary N) is 1. The molecule has 0 aliphatic carbocycles. The fourth-order valence-electron chi connectivity index (χ4n) is 9.33. The molecule has 10 amide bonds. The lowest BCUT2D eigenvalue weighted by Crippen LogP contribution is -2.55. The number of rotatable bonds is 19. The maximum absolute atomic E-state index is 15.0. The first-order valence-electron chi connectivity index (χ1n) is 22.3. The van der Waals surface area contributed by atoms with E-state index in [2.05, 4.69) is 29.8 Å². The summed E-state index contributed by atoms with van der Waals surface area (Å²) in [6.07, 6.45) is -0.291. The Kier molecular flexibility index (Phi) is 14.8. The Morgan fingerprint density at radius 1 is 0.688 bits per heavy atom. The zero-order valence-corrected chi connectivity index (χ0v) is 37.9. The van der Waals surface area contributed by atoms with Crippen LogP contribution in [0.15, 0.2) is 60.7 Å². The van der Waals surface area contributed by atoms with E-state index < -0.39 is 83.8 Å². The second-order valence-electron chi connectivity index (χ2n) is 19.0. The Morgan fingerprint density at radius 3 is 1.64 bits per heavy atom. The molecule has 0 radical (unpaired) electrons. The molecule has 4 heterocycles. The van der Waals surface area contributed by atoms with Crippen LogP contribution in [-0.4, -0.2) is 159 Å². The third kappa shape index (κ3) is 10.6. The largest absolute Gasteiger partial charge is 0.368 e. The van der Waals surface area contributed by atoms with Gasteiger partial charge in [-0.2, -0.15) is 0 Å². The van der Waals surface area contributed by atoms with E-state index in [9.17, 15) is 33.6 Å². The number of nitrogens with zero attached hydrogens (tertiary/aromatic N) is 6. The molecule has 5 N–H and O–H groups in total. The van der Waals surface area contributed by atoms with Gasteiger partial charge in [-0.25, -0.2) is 9.59 Å². The first-order chi connectivity index (χ1) is 30.3. The average Bonchev–Trinajstić information content (AvgIpc) is 3.93. The maximum atomic E-state index is 15.0. The maximum Gasteiger partial charge on any atom is 0.325 e. The smallest absolute Gasteiger partial charge is 0.325 e. The van der Waals surface area contributed by atoms with E-state index in [0.717, 1.165) is 17.0 Å². The second-order valence-corrected chi connectivity index (χ2v) is 19.0. The van der Waals surface area contributed by atoms with Crippen LogP contribution in [0.4, 0.5) is 9.59 Å². The number of likely N-dealkylation sites (tertiary alicyclic amines) is 2. The van der Waals surface area contributed by atoms with E-state index >= 15 is 4.79 Å². The molecule has 0 bridgehead atoms. The van der Waals surface area contributed by atoms with E-state index in [-0.39, 0.29) is 63.9 Å². The topological polar surface area (TPSA) is 218 Å². The summed E-state index contributed by atoms with van der Waals surface area (Å²) in [5, 5.41) is 9.14. The van der Waals surface area contributed by atoms with Gasteiger partial charge in [0.1, 0.15) is 17.1 Å². The molecule has 4 aliphatic heterocycles. The number of hydrogen-bond acceptors (Lipinski definition) is 10. The summed E-state index contributed by atoms with van der Waals surface area (Å²) in [4.78, 5) is 120. The molecule has 64 heavy (non-hydrogen) atoms. The van der Waals surface area contributed by atoms with Crippen LogP contribution in [0.25, 0.3) is 0 Å². The molecule has 4 saturated heterocycles. The molecule has 4 atom stereocenters. The molecule has 0 unspecified atom stereocenters. The lowest BCUT2D eigenvalue weighted by atomic mass is 9.95. The van der Waals surface area contributed by atoms with Crippen molar-refractivity contribution in [2.75, 3.05) is 58.9 Å². The van der Waals surface area contributed by atoms with Gasteiger partial charge in [-0.1, -0.05) is 102 Å². The Balaban J connectivity index is 1.29. The Bertz CT molecular complexity index is 2090. The number of benzene rings is 2. The number of amides is 10. The molecule has 4 fully saturated rings. The summed E-state index contributed by atoms with van der Waals surface area (Å²) in [7, 11) is 0. The van der Waals surface area contributed by atoms with Crippen LogP contribution in [-0.2, 0) is 41.9 Å². The normalized spacial score (nSPS) is 23.4. The van der Waals surface area contributed by atoms with Gasteiger partial charge >= 0.3 is 12.1 Å². The summed E-state index contributed by atoms with van der Waals surface area (Å²) in [6, 6.07) is 14.7. The predicted octanol–water partition coefficient (Wildman–Crippen LogP) is 1.34. The number of carbonyl (C=O) groups excluding carboxylic acids is 8. The lowest BCUT2D eigenvalue weighted by Gasteiger charge is -2.34. The van der Waals surface area contributed by atoms with Crippen molar-refractivity contribution in [3.8, 4) is 0 Å². The van der Waals surface area contributed by atoms with Crippen molar-refractivity contribution in [2.24, 2.45) is 23.5 Å². The number of urea groups is 2. The van der Waals surface area contributed by atoms with Crippen LogP contribution in [0.1, 0.15) is 65.5 Å². The molecule has 2 aromatic rings. The summed E-state index contributed by atoms with van der Waals surface area (Å²) in [5.41, 5.74) is 4.02. The van der Waals surface area contributed by atoms with Gasteiger partial charge in [-0.3, -0.25) is 43.5 Å². The molecule has 18 nitrogen and oxygen atoms in total. The molecule has 0 aromatic heterocycles. The van der Waals surface area contributed by atoms with Crippen molar-refractivity contribution in [1.82, 2.24) is 45.3 Å². The van der Waals surface area contributed by atoms with Gasteiger partial charge in [0.2, 0.25) is 23.6 Å². The standard InChI is InChI=1S/C46H64N10O8/c1-30(2)21-48-17-18-51-28-45(41(61)54(43(63)49-45)24-33-13-9-7-10-14-33)19-35(51)39(59)53(23-32(5)6)27-38(58)56-29-46(20-36(56)40(60)52(22-31(3)4)26-37(47)57)42(62)55(44(64)50-46)25-34-15-11-8-12-16-34/h7-16,30-32,35-36,48H,17-29H2,1-6H3,(H2,47,57)(H,49,63)(H,50,64)/t35-,36-,45-,46-/m0/s1. The number of imide groups is 2. The van der Waals surface area contributed by atoms with Crippen LogP contribution < -0.4 is 21.7 Å². The molecule has 2 spiro atoms. The molecular formula is C46H64N10O8. The zero-order chi connectivity index (χ0) is 46.5. The number of hydrogen-bond donors (Lipinski definition) is 4. The van der Waals surface area contributed by atoms with Crippen molar-refractivity contribution in [3.05, 3.63) is 71.8 Å². The van der Waals surface area contributed by atoms with Gasteiger partial charge in [-0.05, 0) is 35.4 Å². The van der Waals surface area contributed by atoms with Crippen molar-refractivity contribution in [2.45, 2.75) is 90.6 Å². The summed E-state index contributed by atoms with van der Waals surface area (Å²) in [5.74, 6) is -3.32. The zero-order valence-electron chi connectivity index (χ0n) is 37.9. The van der Waals surface area contributed by atoms with Gasteiger partial charge in [0, 0.05) is 45.6 Å². The van der Waals surface area contributed by atoms with Crippen LogP contribution in [0.5, 0.6) is 0 Å². The van der Waals surface area contributed by atoms with Crippen molar-refractivity contribution in [1.29, 1.82) is 0 Å². The minimum atomic E-state index is -1.66. The Morgan fingerprint density at radius 2 is 1.16 bits per heavy atom. The van der Waals surface area contributed by atoms with E-state index in [1.807, 2.05) is 69.0 Å². The molecule has 4 aliphatic rings. The third-order valence-corrected chi connectivity index (χ3v) is 12.2. The Hall–Kier alpha value is -5.88. The molecule has 0 saturated carbocycles. The predicted molar refractivity (Wildman–Crippen MR) is 236 cm³/mol. The van der Waals surface area contributed by atoms with Crippen molar-refractivity contribution in [3.63, 3.8) is 0 Å². The fourth-order valence-corrected chi connectivity index (χ4v) is 9.33. The van der Waals surface area contributed by atoms with E-state index in [0.29, 0.717) is 24.6 Å². The number of primary amides is 1. The third-order valence-electron chi connectivity index (χ3n) is 12.2. The first kappa shape index (κ1) is 47.6. The monoisotopic (exact) mass is 884 g/mol. The van der Waals surface area contributed by atoms with E-state index in [4.69, 9.17) is 5.73 Å². The summed E-state index contributed by atoms with van der Waals surface area (Å²) < 4.78 is 0. The first-order valence-corrected chi connectivity index (χ1v) is 22.3. The van der Waals surface area contributed by atoms with E-state index in [1.165, 1.54) is 19.6 Å². The highest BCUT2D eigenvalue weighted by Crippen LogP contribution is 2.37. The fraction of sp³-hybridized carbons (Fsp3) is 0.565. The van der Waals surface area contributed by atoms with Crippen LogP contribution >= 0.6 is 0 Å². The van der Waals surface area contributed by atoms with Gasteiger partial charge in [0.05, 0.1) is 38.8 Å². The molecule has 6 rings (SSSR count). The van der Waals surface area contributed by atoms with Crippen LogP contribution in [0.3, 0.4) is 0 Å². The SMILES string of the molecule is CC(C)CNCCN1C[C@]2(C[C@H]1C(=O)N(CC(=O)N1C[C@]3(C[C@H]1C(=O)N(CC(N)=O)CC(C)C)NC(=O)N(Cc1ccccc1)C3=O)CC(C)C)NC(=O)N(Cc1ccccc1)C2=O. The van der Waals surface area contributed by atoms with Gasteiger partial charge in [0.15, 0.2) is 0 Å². The molecule has 18 heteroatoms.